The summed E-state index contributed by atoms with van der Waals surface area (Å²) in [4.78, 5) is 30.1. The van der Waals surface area contributed by atoms with E-state index in [0.717, 1.165) is 52.5 Å². The van der Waals surface area contributed by atoms with Gasteiger partial charge < -0.3 is 15.0 Å². The first-order valence-electron chi connectivity index (χ1n) is 15.0. The van der Waals surface area contributed by atoms with Crippen LogP contribution in [0, 0.1) is 6.92 Å². The molecule has 0 bridgehead atoms. The van der Waals surface area contributed by atoms with Crippen LogP contribution < -0.4 is 5.32 Å². The minimum atomic E-state index is -4.50. The van der Waals surface area contributed by atoms with Gasteiger partial charge >= 0.3 is 12.1 Å². The number of carboxylic acids is 1. The molecular formula is C36H34F3N3O3S. The molecular weight excluding hydrogens is 611 g/mol. The normalized spacial score (nSPS) is 12.3. The van der Waals surface area contributed by atoms with Crippen LogP contribution in [0.2, 0.25) is 0 Å². The molecule has 0 saturated heterocycles. The van der Waals surface area contributed by atoms with Crippen molar-refractivity contribution < 1.29 is 27.9 Å². The summed E-state index contributed by atoms with van der Waals surface area (Å²) in [6.07, 6.45) is -2.93. The van der Waals surface area contributed by atoms with Gasteiger partial charge in [-0.25, -0.2) is 9.78 Å². The number of thiol groups is 1. The molecule has 238 valence electrons. The van der Waals surface area contributed by atoms with Crippen LogP contribution in [0.1, 0.15) is 62.1 Å². The van der Waals surface area contributed by atoms with Crippen LogP contribution in [0.5, 0.6) is 0 Å². The van der Waals surface area contributed by atoms with Crippen LogP contribution in [0.25, 0.3) is 22.2 Å². The van der Waals surface area contributed by atoms with E-state index in [2.05, 4.69) is 29.4 Å². The predicted molar refractivity (Wildman–Crippen MR) is 177 cm³/mol. The number of aryl methyl sites for hydroxylation is 2. The zero-order valence-corrected chi connectivity index (χ0v) is 26.3. The Kier molecular flexibility index (Phi) is 9.86. The molecule has 0 aliphatic heterocycles. The number of carboxylic acid groups (broad SMARTS) is 1. The third-order valence-electron chi connectivity index (χ3n) is 7.97. The molecule has 1 amide bonds. The van der Waals surface area contributed by atoms with Crippen LogP contribution in [-0.4, -0.2) is 38.3 Å². The van der Waals surface area contributed by atoms with E-state index < -0.39 is 29.7 Å². The van der Waals surface area contributed by atoms with Gasteiger partial charge in [-0.3, -0.25) is 4.79 Å². The quantitative estimate of drug-likeness (QED) is 0.127. The van der Waals surface area contributed by atoms with Crippen molar-refractivity contribution in [2.24, 2.45) is 0 Å². The molecule has 2 N–H and O–H groups in total. The van der Waals surface area contributed by atoms with Crippen molar-refractivity contribution in [3.63, 3.8) is 0 Å². The number of rotatable bonds is 11. The standard InChI is InChI=1S/C36H34F3N3O3S/c1-3-8-32-41-33-22(2)17-26(34(43)40-27(21-46)18-25-9-4-7-12-30(25)36(37,38)39)19-31(33)42(32)20-23-13-15-24(16-14-23)28-10-5-6-11-29(28)35(44)45/h4-7,9-17,19,27,46H,3,8,18,20-21H2,1-2H3,(H,40,43)(H,44,45)/t27-/m1/s1. The van der Waals surface area contributed by atoms with Crippen LogP contribution in [0.4, 0.5) is 13.2 Å². The van der Waals surface area contributed by atoms with E-state index in [0.29, 0.717) is 17.7 Å². The molecule has 0 spiro atoms. The number of aromatic carboxylic acids is 1. The topological polar surface area (TPSA) is 84.2 Å². The average Bonchev–Trinajstić information content (AvgIpc) is 3.38. The zero-order chi connectivity index (χ0) is 33.0. The Morgan fingerprint density at radius 2 is 1.70 bits per heavy atom. The first-order chi connectivity index (χ1) is 22.0. The highest BCUT2D eigenvalue weighted by Crippen LogP contribution is 2.33. The second-order valence-electron chi connectivity index (χ2n) is 11.3. The lowest BCUT2D eigenvalue weighted by molar-refractivity contribution is -0.138. The van der Waals surface area contributed by atoms with Gasteiger partial charge in [0, 0.05) is 30.3 Å². The van der Waals surface area contributed by atoms with Crippen molar-refractivity contribution in [2.45, 2.75) is 51.9 Å². The minimum absolute atomic E-state index is 0.0162. The Balaban J connectivity index is 1.43. The van der Waals surface area contributed by atoms with Gasteiger partial charge in [0.15, 0.2) is 0 Å². The van der Waals surface area contributed by atoms with E-state index in [4.69, 9.17) is 4.98 Å². The third kappa shape index (κ3) is 7.12. The number of nitrogens with one attached hydrogen (secondary N) is 1. The van der Waals surface area contributed by atoms with Crippen molar-refractivity contribution in [1.82, 2.24) is 14.9 Å². The molecule has 1 atom stereocenters. The number of amides is 1. The van der Waals surface area contributed by atoms with Crippen molar-refractivity contribution in [2.75, 3.05) is 5.75 Å². The van der Waals surface area contributed by atoms with Gasteiger partial charge in [-0.2, -0.15) is 25.8 Å². The number of hydrogen-bond donors (Lipinski definition) is 3. The summed E-state index contributed by atoms with van der Waals surface area (Å²) >= 11 is 4.32. The van der Waals surface area contributed by atoms with Crippen molar-refractivity contribution >= 4 is 35.5 Å². The van der Waals surface area contributed by atoms with Crippen molar-refractivity contribution in [1.29, 1.82) is 0 Å². The van der Waals surface area contributed by atoms with Gasteiger partial charge in [0.1, 0.15) is 5.82 Å². The number of aromatic nitrogens is 2. The SMILES string of the molecule is CCCc1nc2c(C)cc(C(=O)N[C@@H](CS)Cc3ccccc3C(F)(F)F)cc2n1Cc1ccc(-c2ccccc2C(=O)O)cc1. The number of halogens is 3. The van der Waals surface area contributed by atoms with E-state index >= 15 is 0 Å². The minimum Gasteiger partial charge on any atom is -0.478 e. The van der Waals surface area contributed by atoms with Gasteiger partial charge in [0.05, 0.1) is 22.2 Å². The first-order valence-corrected chi connectivity index (χ1v) is 15.6. The highest BCUT2D eigenvalue weighted by molar-refractivity contribution is 7.80. The largest absolute Gasteiger partial charge is 0.478 e. The molecule has 0 aliphatic rings. The lowest BCUT2D eigenvalue weighted by atomic mass is 9.98. The van der Waals surface area contributed by atoms with Gasteiger partial charge in [-0.15, -0.1) is 0 Å². The van der Waals surface area contributed by atoms with Gasteiger partial charge in [0.2, 0.25) is 0 Å². The Labute approximate surface area is 270 Å². The Morgan fingerprint density at radius 1 is 1.00 bits per heavy atom. The fourth-order valence-electron chi connectivity index (χ4n) is 5.73. The molecule has 0 unspecified atom stereocenters. The fourth-order valence-corrected chi connectivity index (χ4v) is 5.95. The second kappa shape index (κ2) is 13.8. The molecule has 0 aliphatic carbocycles. The number of nitrogens with zero attached hydrogens (tertiary/aromatic N) is 2. The Morgan fingerprint density at radius 3 is 2.37 bits per heavy atom. The molecule has 1 aromatic heterocycles. The number of carbonyl (C=O) groups excluding carboxylic acids is 1. The number of imidazole rings is 1. The second-order valence-corrected chi connectivity index (χ2v) is 11.6. The van der Waals surface area contributed by atoms with E-state index in [9.17, 15) is 27.9 Å². The smallest absolute Gasteiger partial charge is 0.416 e. The molecule has 5 rings (SSSR count). The maximum atomic E-state index is 13.6. The van der Waals surface area contributed by atoms with E-state index in [1.165, 1.54) is 12.1 Å². The number of hydrogen-bond acceptors (Lipinski definition) is 4. The molecule has 0 fully saturated rings. The number of alkyl halides is 3. The maximum absolute atomic E-state index is 13.6. The van der Waals surface area contributed by atoms with E-state index in [-0.39, 0.29) is 23.3 Å². The van der Waals surface area contributed by atoms with Crippen molar-refractivity contribution in [3.8, 4) is 11.1 Å². The summed E-state index contributed by atoms with van der Waals surface area (Å²) in [5.74, 6) is -0.365. The predicted octanol–water partition coefficient (Wildman–Crippen LogP) is 8.00. The van der Waals surface area contributed by atoms with Crippen LogP contribution in [0.3, 0.4) is 0 Å². The highest BCUT2D eigenvalue weighted by Gasteiger charge is 2.33. The van der Waals surface area contributed by atoms with Crippen molar-refractivity contribution in [3.05, 3.63) is 124 Å². The highest BCUT2D eigenvalue weighted by atomic mass is 32.1. The monoisotopic (exact) mass is 645 g/mol. The summed E-state index contributed by atoms with van der Waals surface area (Å²) < 4.78 is 42.8. The summed E-state index contributed by atoms with van der Waals surface area (Å²) in [6.45, 7) is 4.43. The molecule has 10 heteroatoms. The number of benzene rings is 4. The zero-order valence-electron chi connectivity index (χ0n) is 25.4. The molecule has 4 aromatic carbocycles. The van der Waals surface area contributed by atoms with E-state index in [1.54, 1.807) is 42.5 Å². The van der Waals surface area contributed by atoms with Gasteiger partial charge in [0.25, 0.3) is 5.91 Å². The number of fused-ring (bicyclic) bond motifs is 1. The lowest BCUT2D eigenvalue weighted by Gasteiger charge is -2.20. The molecule has 6 nitrogen and oxygen atoms in total. The number of carbonyl (C=O) groups is 2. The Hall–Kier alpha value is -4.57. The molecule has 46 heavy (non-hydrogen) atoms. The lowest BCUT2D eigenvalue weighted by Crippen LogP contribution is -2.38. The Bertz CT molecular complexity index is 1880. The van der Waals surface area contributed by atoms with Crippen LogP contribution in [0.15, 0.2) is 84.9 Å². The third-order valence-corrected chi connectivity index (χ3v) is 8.41. The molecule has 0 saturated carbocycles. The summed E-state index contributed by atoms with van der Waals surface area (Å²) in [7, 11) is 0. The van der Waals surface area contributed by atoms with Gasteiger partial charge in [-0.05, 0) is 71.8 Å². The maximum Gasteiger partial charge on any atom is 0.416 e. The van der Waals surface area contributed by atoms with E-state index in [1.807, 2.05) is 31.2 Å². The summed E-state index contributed by atoms with van der Waals surface area (Å²) in [6, 6.07) is 22.8. The summed E-state index contributed by atoms with van der Waals surface area (Å²) in [5, 5.41) is 12.5. The average molecular weight is 646 g/mol. The summed E-state index contributed by atoms with van der Waals surface area (Å²) in [5.41, 5.74) is 4.74. The molecule has 1 heterocycles. The van der Waals surface area contributed by atoms with Crippen LogP contribution in [-0.2, 0) is 25.6 Å². The molecule has 0 radical (unpaired) electrons. The molecule has 5 aromatic rings. The first kappa shape index (κ1) is 32.8. The van der Waals surface area contributed by atoms with Crippen LogP contribution >= 0.6 is 12.6 Å². The van der Waals surface area contributed by atoms with Gasteiger partial charge in [-0.1, -0.05) is 67.6 Å². The fraction of sp³-hybridized carbons (Fsp3) is 0.250.